The maximum Gasteiger partial charge on any atom is 0.137 e. The fraction of sp³-hybridized carbons (Fsp3) is 0.143. The first-order chi connectivity index (χ1) is 17.5. The number of likely N-dealkylation sites (N-methyl/N-ethyl adjacent to an activating group) is 1. The SMILES string of the molecule is CNC(C)C=O.Cc1nc2ccccn2c1-c1ccc(N)nc1C#Cc1ccc(-n2ccnc2)cc1. The van der Waals surface area contributed by atoms with Crippen LogP contribution in [-0.4, -0.2) is 43.3 Å². The van der Waals surface area contributed by atoms with Crippen molar-refractivity contribution in [1.29, 1.82) is 0 Å². The number of carbonyl (C=O) groups is 1. The van der Waals surface area contributed by atoms with Crippen molar-refractivity contribution >= 4 is 17.8 Å². The molecule has 8 nitrogen and oxygen atoms in total. The van der Waals surface area contributed by atoms with E-state index in [2.05, 4.69) is 32.1 Å². The molecule has 0 amide bonds. The van der Waals surface area contributed by atoms with E-state index in [-0.39, 0.29) is 6.04 Å². The molecule has 0 saturated heterocycles. The lowest BCUT2D eigenvalue weighted by atomic mass is 10.1. The Bertz CT molecular complexity index is 1520. The number of nitrogen functional groups attached to an aromatic ring is 1. The van der Waals surface area contributed by atoms with Gasteiger partial charge in [0.1, 0.15) is 23.4 Å². The molecule has 3 N–H and O–H groups in total. The predicted molar refractivity (Wildman–Crippen MR) is 142 cm³/mol. The van der Waals surface area contributed by atoms with E-state index in [0.29, 0.717) is 11.5 Å². The van der Waals surface area contributed by atoms with Crippen LogP contribution in [0.4, 0.5) is 5.82 Å². The summed E-state index contributed by atoms with van der Waals surface area (Å²) in [5, 5.41) is 2.75. The minimum Gasteiger partial charge on any atom is -0.384 e. The van der Waals surface area contributed by atoms with Crippen LogP contribution in [0.5, 0.6) is 0 Å². The number of aryl methyl sites for hydroxylation is 1. The van der Waals surface area contributed by atoms with Crippen LogP contribution >= 0.6 is 0 Å². The van der Waals surface area contributed by atoms with Gasteiger partial charge in [-0.2, -0.15) is 0 Å². The van der Waals surface area contributed by atoms with E-state index in [4.69, 9.17) is 5.73 Å². The number of nitrogens with zero attached hydrogens (tertiary/aromatic N) is 5. The average molecular weight is 478 g/mol. The Hall–Kier alpha value is -4.74. The quantitative estimate of drug-likeness (QED) is 0.302. The first kappa shape index (κ1) is 24.4. The molecule has 5 aromatic rings. The summed E-state index contributed by atoms with van der Waals surface area (Å²) in [4.78, 5) is 22.9. The van der Waals surface area contributed by atoms with Crippen molar-refractivity contribution in [2.45, 2.75) is 19.9 Å². The van der Waals surface area contributed by atoms with Gasteiger partial charge in [-0.1, -0.05) is 12.0 Å². The van der Waals surface area contributed by atoms with Gasteiger partial charge in [0.15, 0.2) is 0 Å². The third kappa shape index (κ3) is 5.49. The summed E-state index contributed by atoms with van der Waals surface area (Å²) in [5.74, 6) is 6.85. The fourth-order valence-corrected chi connectivity index (χ4v) is 3.53. The molecule has 4 aromatic heterocycles. The molecular formula is C28H27N7O. The van der Waals surface area contributed by atoms with Crippen LogP contribution in [0.3, 0.4) is 0 Å². The number of anilines is 1. The van der Waals surface area contributed by atoms with Crippen LogP contribution in [0.1, 0.15) is 23.9 Å². The van der Waals surface area contributed by atoms with Crippen LogP contribution in [0.15, 0.2) is 79.5 Å². The fourth-order valence-electron chi connectivity index (χ4n) is 3.53. The zero-order valence-electron chi connectivity index (χ0n) is 20.4. The van der Waals surface area contributed by atoms with E-state index < -0.39 is 0 Å². The highest BCUT2D eigenvalue weighted by molar-refractivity contribution is 5.73. The van der Waals surface area contributed by atoms with E-state index >= 15 is 0 Å². The topological polar surface area (TPSA) is 103 Å². The number of nitrogens with two attached hydrogens (primary N) is 1. The maximum absolute atomic E-state index is 9.67. The van der Waals surface area contributed by atoms with Crippen molar-refractivity contribution in [3.8, 4) is 28.8 Å². The Morgan fingerprint density at radius 3 is 2.50 bits per heavy atom. The van der Waals surface area contributed by atoms with Crippen molar-refractivity contribution in [2.24, 2.45) is 0 Å². The number of pyridine rings is 2. The van der Waals surface area contributed by atoms with Gasteiger partial charge in [-0.05, 0) is 75.3 Å². The van der Waals surface area contributed by atoms with E-state index in [1.807, 2.05) is 76.8 Å². The monoisotopic (exact) mass is 477 g/mol. The molecule has 180 valence electrons. The number of hydrogen-bond acceptors (Lipinski definition) is 6. The number of carbonyl (C=O) groups excluding carboxylic acids is 1. The minimum absolute atomic E-state index is 0.00463. The number of fused-ring (bicyclic) bond motifs is 1. The molecule has 0 bridgehead atoms. The molecular weight excluding hydrogens is 450 g/mol. The summed E-state index contributed by atoms with van der Waals surface area (Å²) in [6.07, 6.45) is 8.28. The molecule has 5 rings (SSSR count). The van der Waals surface area contributed by atoms with E-state index in [9.17, 15) is 4.79 Å². The Kier molecular flexibility index (Phi) is 7.54. The van der Waals surface area contributed by atoms with Gasteiger partial charge in [0, 0.05) is 35.4 Å². The van der Waals surface area contributed by atoms with Crippen LogP contribution in [0.25, 0.3) is 22.6 Å². The summed E-state index contributed by atoms with van der Waals surface area (Å²) in [7, 11) is 1.75. The van der Waals surface area contributed by atoms with Crippen molar-refractivity contribution in [3.63, 3.8) is 0 Å². The summed E-state index contributed by atoms with van der Waals surface area (Å²) < 4.78 is 4.00. The molecule has 1 unspecified atom stereocenters. The number of nitrogens with one attached hydrogen (secondary N) is 1. The van der Waals surface area contributed by atoms with Crippen molar-refractivity contribution in [1.82, 2.24) is 29.2 Å². The highest BCUT2D eigenvalue weighted by Gasteiger charge is 2.14. The molecule has 0 fully saturated rings. The van der Waals surface area contributed by atoms with E-state index in [0.717, 1.165) is 40.1 Å². The third-order valence-electron chi connectivity index (χ3n) is 5.53. The van der Waals surface area contributed by atoms with Gasteiger partial charge >= 0.3 is 0 Å². The Morgan fingerprint density at radius 1 is 1.03 bits per heavy atom. The Labute approximate surface area is 209 Å². The molecule has 0 radical (unpaired) electrons. The summed E-state index contributed by atoms with van der Waals surface area (Å²) in [6.45, 7) is 3.79. The van der Waals surface area contributed by atoms with E-state index in [1.54, 1.807) is 32.6 Å². The Morgan fingerprint density at radius 2 is 1.83 bits per heavy atom. The lowest BCUT2D eigenvalue weighted by Gasteiger charge is -2.07. The standard InChI is InChI=1S/C24H18N6.C4H9NO/c1-17-24(30-14-3-2-4-23(30)27-17)20-10-12-22(25)28-21(20)11-7-18-5-8-19(9-6-18)29-15-13-26-16-29;1-4(3-6)5-2/h2-6,8-10,12-16H,1H3,(H2,25,28);3-5H,1-2H3. The van der Waals surface area contributed by atoms with Crippen LogP contribution in [0, 0.1) is 18.8 Å². The largest absolute Gasteiger partial charge is 0.384 e. The lowest BCUT2D eigenvalue weighted by Crippen LogP contribution is -2.21. The number of imidazole rings is 2. The second-order valence-electron chi connectivity index (χ2n) is 8.09. The normalized spacial score (nSPS) is 11.2. The van der Waals surface area contributed by atoms with Crippen LogP contribution in [0.2, 0.25) is 0 Å². The molecule has 0 aliphatic carbocycles. The molecule has 0 saturated carbocycles. The van der Waals surface area contributed by atoms with Gasteiger partial charge < -0.3 is 20.4 Å². The Balaban J connectivity index is 0.000000455. The highest BCUT2D eigenvalue weighted by atomic mass is 16.1. The molecule has 1 atom stereocenters. The second-order valence-corrected chi connectivity index (χ2v) is 8.09. The molecule has 36 heavy (non-hydrogen) atoms. The number of rotatable bonds is 4. The molecule has 0 aliphatic heterocycles. The van der Waals surface area contributed by atoms with Gasteiger partial charge in [-0.25, -0.2) is 15.0 Å². The highest BCUT2D eigenvalue weighted by Crippen LogP contribution is 2.27. The first-order valence-corrected chi connectivity index (χ1v) is 11.4. The van der Waals surface area contributed by atoms with E-state index in [1.165, 1.54) is 0 Å². The van der Waals surface area contributed by atoms with Crippen molar-refractivity contribution in [2.75, 3.05) is 12.8 Å². The van der Waals surface area contributed by atoms with Crippen molar-refractivity contribution in [3.05, 3.63) is 96.5 Å². The molecule has 0 aliphatic rings. The average Bonchev–Trinajstić information content (AvgIpc) is 3.56. The van der Waals surface area contributed by atoms with Gasteiger partial charge in [0.2, 0.25) is 0 Å². The molecule has 0 spiro atoms. The predicted octanol–water partition coefficient (Wildman–Crippen LogP) is 3.67. The second kappa shape index (κ2) is 11.1. The summed E-state index contributed by atoms with van der Waals surface area (Å²) >= 11 is 0. The van der Waals surface area contributed by atoms with Gasteiger partial charge in [-0.15, -0.1) is 0 Å². The zero-order chi connectivity index (χ0) is 25.5. The minimum atomic E-state index is 0.00463. The first-order valence-electron chi connectivity index (χ1n) is 11.4. The van der Waals surface area contributed by atoms with Crippen LogP contribution < -0.4 is 11.1 Å². The third-order valence-corrected chi connectivity index (χ3v) is 5.53. The molecule has 8 heteroatoms. The molecule has 4 heterocycles. The number of benzene rings is 1. The summed E-state index contributed by atoms with van der Waals surface area (Å²) in [6, 6.07) is 17.7. The van der Waals surface area contributed by atoms with Crippen molar-refractivity contribution < 1.29 is 4.79 Å². The summed E-state index contributed by atoms with van der Waals surface area (Å²) in [5.41, 5.74) is 12.2. The number of aldehydes is 1. The zero-order valence-corrected chi connectivity index (χ0v) is 20.4. The maximum atomic E-state index is 9.67. The smallest absolute Gasteiger partial charge is 0.137 e. The van der Waals surface area contributed by atoms with Crippen LogP contribution in [-0.2, 0) is 4.79 Å². The number of hydrogen-bond donors (Lipinski definition) is 2. The van der Waals surface area contributed by atoms with Gasteiger partial charge in [0.25, 0.3) is 0 Å². The molecule has 1 aromatic carbocycles. The van der Waals surface area contributed by atoms with Gasteiger partial charge in [0.05, 0.1) is 23.8 Å². The van der Waals surface area contributed by atoms with Gasteiger partial charge in [-0.3, -0.25) is 4.40 Å². The number of aromatic nitrogens is 5. The lowest BCUT2D eigenvalue weighted by molar-refractivity contribution is -0.109.